The zero-order chi connectivity index (χ0) is 34.7. The lowest BCUT2D eigenvalue weighted by atomic mass is 9.87. The van der Waals surface area contributed by atoms with Crippen molar-refractivity contribution in [1.82, 2.24) is 15.0 Å². The van der Waals surface area contributed by atoms with Crippen LogP contribution in [-0.4, -0.2) is 42.9 Å². The van der Waals surface area contributed by atoms with Crippen molar-refractivity contribution in [3.63, 3.8) is 0 Å². The van der Waals surface area contributed by atoms with Crippen LogP contribution in [0.1, 0.15) is 69.3 Å². The molecule has 0 bridgehead atoms. The van der Waals surface area contributed by atoms with Crippen molar-refractivity contribution in [2.45, 2.75) is 83.1 Å². The molecule has 0 spiro atoms. The molecule has 3 aromatic rings. The molecular weight excluding hydrogens is 631 g/mol. The number of halogens is 7. The van der Waals surface area contributed by atoms with Gasteiger partial charge in [-0.25, -0.2) is 17.6 Å². The topological polar surface area (TPSA) is 73.7 Å². The Morgan fingerprint density at radius 3 is 2.30 bits per heavy atom. The molecule has 0 radical (unpaired) electrons. The molecule has 6 nitrogen and oxygen atoms in total. The molecule has 0 saturated carbocycles. The van der Waals surface area contributed by atoms with E-state index in [0.717, 1.165) is 41.5 Å². The fraction of sp³-hybridized carbons (Fsp3) is 0.382. The third-order valence-electron chi connectivity index (χ3n) is 8.93. The van der Waals surface area contributed by atoms with E-state index >= 15 is 0 Å². The third kappa shape index (κ3) is 6.24. The van der Waals surface area contributed by atoms with Gasteiger partial charge in [-0.1, -0.05) is 30.3 Å². The Hall–Kier alpha value is -4.26. The maximum absolute atomic E-state index is 14.8. The minimum atomic E-state index is -4.70. The second kappa shape index (κ2) is 11.8. The largest absolute Gasteiger partial charge is 0.509 e. The summed E-state index contributed by atoms with van der Waals surface area (Å²) >= 11 is 0. The quantitative estimate of drug-likeness (QED) is 0.195. The number of Topliss-reactive ketones (excluding diaryl/α,β-unsaturated/α-hetero) is 1. The van der Waals surface area contributed by atoms with Gasteiger partial charge >= 0.3 is 6.18 Å². The number of alkyl halides is 5. The lowest BCUT2D eigenvalue weighted by Gasteiger charge is -2.51. The molecule has 2 aliphatic heterocycles. The van der Waals surface area contributed by atoms with Gasteiger partial charge in [-0.2, -0.15) is 18.2 Å². The number of nitrogens with zero attached hydrogens (tertiary/aromatic N) is 3. The molecular formula is C34H32F7N3O3. The van der Waals surface area contributed by atoms with Crippen molar-refractivity contribution in [3.05, 3.63) is 100 Å². The highest BCUT2D eigenvalue weighted by molar-refractivity contribution is 6.20. The molecule has 13 heteroatoms. The normalized spacial score (nSPS) is 20.1. The van der Waals surface area contributed by atoms with Gasteiger partial charge in [-0.05, 0) is 69.4 Å². The zero-order valence-corrected chi connectivity index (χ0v) is 26.0. The number of benzene rings is 2. The molecule has 1 atom stereocenters. The van der Waals surface area contributed by atoms with E-state index in [0.29, 0.717) is 19.8 Å². The van der Waals surface area contributed by atoms with Crippen LogP contribution in [0.4, 0.5) is 30.7 Å². The number of hydrogen-bond donors (Lipinski definition) is 1. The number of amides is 1. The first-order valence-electron chi connectivity index (χ1n) is 14.8. The summed E-state index contributed by atoms with van der Waals surface area (Å²) < 4.78 is 96.7. The second-order valence-corrected chi connectivity index (χ2v) is 12.8. The van der Waals surface area contributed by atoms with E-state index in [-0.39, 0.29) is 28.7 Å². The molecule has 250 valence electrons. The number of hydrogen-bond acceptors (Lipinski definition) is 5. The van der Waals surface area contributed by atoms with E-state index in [2.05, 4.69) is 4.98 Å². The van der Waals surface area contributed by atoms with Crippen molar-refractivity contribution >= 4 is 11.7 Å². The van der Waals surface area contributed by atoms with Gasteiger partial charge in [0.15, 0.2) is 17.4 Å². The van der Waals surface area contributed by atoms with E-state index in [1.165, 1.54) is 18.2 Å². The molecule has 2 aliphatic rings. The van der Waals surface area contributed by atoms with Crippen LogP contribution in [-0.2, 0) is 34.7 Å². The van der Waals surface area contributed by atoms with Gasteiger partial charge in [0.2, 0.25) is 0 Å². The number of carbonyl (C=O) groups is 2. The Kier molecular flexibility index (Phi) is 8.53. The lowest BCUT2D eigenvalue weighted by Crippen LogP contribution is -2.65. The van der Waals surface area contributed by atoms with Crippen molar-refractivity contribution in [2.24, 2.45) is 0 Å². The number of aromatic nitrogens is 1. The van der Waals surface area contributed by atoms with Crippen LogP contribution >= 0.6 is 0 Å². The molecule has 1 aromatic heterocycles. The van der Waals surface area contributed by atoms with E-state index < -0.39 is 82.1 Å². The lowest BCUT2D eigenvalue weighted by molar-refractivity contribution is -0.177. The van der Waals surface area contributed by atoms with Gasteiger partial charge in [0, 0.05) is 41.8 Å². The Balaban J connectivity index is 1.51. The van der Waals surface area contributed by atoms with Crippen LogP contribution in [0.3, 0.4) is 0 Å². The highest BCUT2D eigenvalue weighted by Crippen LogP contribution is 2.49. The monoisotopic (exact) mass is 663 g/mol. The van der Waals surface area contributed by atoms with Crippen LogP contribution in [0, 0.1) is 11.6 Å². The van der Waals surface area contributed by atoms with Gasteiger partial charge in [0.25, 0.3) is 11.8 Å². The number of aryl methyl sites for hydroxylation is 1. The van der Waals surface area contributed by atoms with Crippen molar-refractivity contribution in [1.29, 1.82) is 0 Å². The van der Waals surface area contributed by atoms with E-state index in [9.17, 15) is 45.4 Å². The Morgan fingerprint density at radius 1 is 0.979 bits per heavy atom. The van der Waals surface area contributed by atoms with Crippen molar-refractivity contribution in [3.8, 4) is 11.1 Å². The summed E-state index contributed by atoms with van der Waals surface area (Å²) in [6.07, 6.45) is -3.63. The summed E-state index contributed by atoms with van der Waals surface area (Å²) in [5.41, 5.74) is -3.64. The number of fused-ring (bicyclic) bond motifs is 1. The van der Waals surface area contributed by atoms with Gasteiger partial charge in [-0.3, -0.25) is 19.6 Å². The highest BCUT2D eigenvalue weighted by atomic mass is 19.4. The fourth-order valence-corrected chi connectivity index (χ4v) is 6.51. The number of ketones is 1. The van der Waals surface area contributed by atoms with Crippen LogP contribution < -0.4 is 0 Å². The average molecular weight is 664 g/mol. The number of pyridine rings is 1. The molecule has 0 aliphatic carbocycles. The van der Waals surface area contributed by atoms with Gasteiger partial charge in [0.05, 0.1) is 12.1 Å². The first-order chi connectivity index (χ1) is 21.8. The molecule has 3 heterocycles. The Labute approximate surface area is 266 Å². The molecule has 1 unspecified atom stereocenters. The number of aliphatic hydroxyl groups excluding tert-OH is 1. The van der Waals surface area contributed by atoms with E-state index in [4.69, 9.17) is 0 Å². The molecule has 47 heavy (non-hydrogen) atoms. The summed E-state index contributed by atoms with van der Waals surface area (Å²) in [6.45, 7) is 5.49. The molecule has 1 saturated heterocycles. The van der Waals surface area contributed by atoms with Gasteiger partial charge in [-0.15, -0.1) is 0 Å². The fourth-order valence-electron chi connectivity index (χ4n) is 6.51. The van der Waals surface area contributed by atoms with Crippen LogP contribution in [0.15, 0.2) is 66.1 Å². The highest BCUT2D eigenvalue weighted by Gasteiger charge is 2.59. The number of hydrazine groups is 1. The van der Waals surface area contributed by atoms with Crippen LogP contribution in [0.2, 0.25) is 0 Å². The van der Waals surface area contributed by atoms with Crippen LogP contribution in [0.5, 0.6) is 0 Å². The van der Waals surface area contributed by atoms with Crippen molar-refractivity contribution < 1.29 is 45.4 Å². The second-order valence-electron chi connectivity index (χ2n) is 12.8. The summed E-state index contributed by atoms with van der Waals surface area (Å²) in [5, 5.41) is 14.2. The van der Waals surface area contributed by atoms with Gasteiger partial charge in [0.1, 0.15) is 17.0 Å². The number of aliphatic hydroxyl groups is 1. The maximum Gasteiger partial charge on any atom is 0.433 e. The van der Waals surface area contributed by atoms with Crippen molar-refractivity contribution in [2.75, 3.05) is 0 Å². The summed E-state index contributed by atoms with van der Waals surface area (Å²) in [6, 6.07) is 8.97. The first kappa shape index (κ1) is 34.1. The third-order valence-corrected chi connectivity index (χ3v) is 8.93. The minimum absolute atomic E-state index is 0.149. The van der Waals surface area contributed by atoms with E-state index in [1.807, 2.05) is 13.8 Å². The smallest absolute Gasteiger partial charge is 0.433 e. The molecule has 1 fully saturated rings. The molecule has 5 rings (SSSR count). The van der Waals surface area contributed by atoms with Crippen LogP contribution in [0.25, 0.3) is 11.1 Å². The maximum atomic E-state index is 14.8. The van der Waals surface area contributed by atoms with E-state index in [1.54, 1.807) is 11.9 Å². The predicted octanol–water partition coefficient (Wildman–Crippen LogP) is 8.06. The predicted molar refractivity (Wildman–Crippen MR) is 158 cm³/mol. The van der Waals surface area contributed by atoms with Gasteiger partial charge < -0.3 is 5.11 Å². The SMILES string of the molecule is CC(F)(F)c1ccc(-c2ccc(C(F)(F)F)nc2)c(CCC(=O)C2=C(O)C3(C)CCC(C)(C)N3N(Cc3cccc(F)c3F)C2=O)c1. The number of rotatable bonds is 8. The summed E-state index contributed by atoms with van der Waals surface area (Å²) in [5.74, 6) is -7.82. The Morgan fingerprint density at radius 2 is 1.68 bits per heavy atom. The first-order valence-corrected chi connectivity index (χ1v) is 14.8. The summed E-state index contributed by atoms with van der Waals surface area (Å²) in [7, 11) is 0. The standard InChI is InChI=1S/C34H32F7N3O3/c1-31(2)14-15-32(3)29(46)27(30(47)43(44(31)32)18-21-6-5-7-24(35)28(21)36)25(45)12-8-19-16-22(33(4,37)38)10-11-23(19)20-9-13-26(42-17-20)34(39,40)41/h5-7,9-11,13,16-17,46H,8,12,14-15,18H2,1-4H3. The summed E-state index contributed by atoms with van der Waals surface area (Å²) in [4.78, 5) is 31.2. The molecule has 2 aromatic carbocycles. The zero-order valence-electron chi connectivity index (χ0n) is 26.0. The Bertz CT molecular complexity index is 1760. The minimum Gasteiger partial charge on any atom is -0.509 e. The number of carbonyl (C=O) groups excluding carboxylic acids is 2. The average Bonchev–Trinajstić information content (AvgIpc) is 3.25. The molecule has 1 amide bonds. The molecule has 1 N–H and O–H groups in total.